The summed E-state index contributed by atoms with van der Waals surface area (Å²) in [6.45, 7) is 14.8. The Morgan fingerprint density at radius 3 is 2.70 bits per heavy atom. The van der Waals surface area contributed by atoms with Crippen molar-refractivity contribution in [1.29, 1.82) is 0 Å². The van der Waals surface area contributed by atoms with E-state index in [4.69, 9.17) is 11.6 Å². The monoisotopic (exact) mass is 298 g/mol. The predicted octanol–water partition coefficient (Wildman–Crippen LogP) is 2.69. The van der Waals surface area contributed by atoms with Crippen molar-refractivity contribution in [3.63, 3.8) is 0 Å². The molecule has 20 heavy (non-hydrogen) atoms. The molecule has 5 heteroatoms. The highest BCUT2D eigenvalue weighted by molar-refractivity contribution is 6.31. The number of aromatic nitrogens is 2. The smallest absolute Gasteiger partial charge is 0.0863 e. The van der Waals surface area contributed by atoms with Crippen molar-refractivity contribution in [2.24, 2.45) is 0 Å². The van der Waals surface area contributed by atoms with Gasteiger partial charge < -0.3 is 5.32 Å². The van der Waals surface area contributed by atoms with E-state index in [1.165, 1.54) is 0 Å². The summed E-state index contributed by atoms with van der Waals surface area (Å²) in [6, 6.07) is 0.518. The van der Waals surface area contributed by atoms with Crippen LogP contribution in [0.1, 0.15) is 46.0 Å². The highest BCUT2D eigenvalue weighted by atomic mass is 35.5. The topological polar surface area (TPSA) is 33.1 Å². The molecule has 0 bridgehead atoms. The van der Waals surface area contributed by atoms with Gasteiger partial charge in [0.05, 0.1) is 16.4 Å². The quantitative estimate of drug-likeness (QED) is 0.928. The van der Waals surface area contributed by atoms with Crippen molar-refractivity contribution >= 4 is 11.6 Å². The first-order valence-corrected chi connectivity index (χ1v) is 7.99. The number of nitrogens with zero attached hydrogens (tertiary/aromatic N) is 3. The molecule has 1 unspecified atom stereocenters. The van der Waals surface area contributed by atoms with E-state index in [-0.39, 0.29) is 5.54 Å². The van der Waals surface area contributed by atoms with Gasteiger partial charge in [-0.25, -0.2) is 0 Å². The molecule has 0 amide bonds. The van der Waals surface area contributed by atoms with Crippen LogP contribution in [0.2, 0.25) is 5.02 Å². The summed E-state index contributed by atoms with van der Waals surface area (Å²) >= 11 is 6.52. The van der Waals surface area contributed by atoms with Crippen LogP contribution in [0.3, 0.4) is 0 Å². The molecular weight excluding hydrogens is 272 g/mol. The van der Waals surface area contributed by atoms with Gasteiger partial charge in [0.25, 0.3) is 0 Å². The summed E-state index contributed by atoms with van der Waals surface area (Å²) in [5.41, 5.74) is 2.34. The minimum Gasteiger partial charge on any atom is -0.309 e. The lowest BCUT2D eigenvalue weighted by molar-refractivity contribution is 0.0950. The maximum Gasteiger partial charge on any atom is 0.0863 e. The lowest BCUT2D eigenvalue weighted by Crippen LogP contribution is -2.60. The number of nitrogens with one attached hydrogen (secondary N) is 1. The summed E-state index contributed by atoms with van der Waals surface area (Å²) in [7, 11) is 0. The van der Waals surface area contributed by atoms with Gasteiger partial charge >= 0.3 is 0 Å². The number of aryl methyl sites for hydroxylation is 2. The Hall–Kier alpha value is -0.580. The molecule has 1 atom stereocenters. The van der Waals surface area contributed by atoms with Crippen LogP contribution in [-0.2, 0) is 19.5 Å². The minimum atomic E-state index is 0.156. The molecule has 1 aliphatic heterocycles. The molecule has 1 aromatic heterocycles. The molecule has 0 aliphatic carbocycles. The zero-order valence-corrected chi connectivity index (χ0v) is 14.1. The number of hydrogen-bond acceptors (Lipinski definition) is 3. The third kappa shape index (κ3) is 3.18. The Kier molecular flexibility index (Phi) is 4.77. The second-order valence-corrected chi connectivity index (χ2v) is 6.77. The van der Waals surface area contributed by atoms with Crippen molar-refractivity contribution in [3.8, 4) is 0 Å². The average molecular weight is 299 g/mol. The van der Waals surface area contributed by atoms with Gasteiger partial charge in [-0.05, 0) is 34.1 Å². The van der Waals surface area contributed by atoms with Crippen molar-refractivity contribution in [2.45, 2.75) is 65.7 Å². The summed E-state index contributed by atoms with van der Waals surface area (Å²) < 4.78 is 2.06. The van der Waals surface area contributed by atoms with Crippen molar-refractivity contribution in [3.05, 3.63) is 16.4 Å². The zero-order chi connectivity index (χ0) is 14.9. The molecule has 114 valence electrons. The maximum absolute atomic E-state index is 6.52. The molecule has 1 aliphatic rings. The van der Waals surface area contributed by atoms with Crippen LogP contribution in [0.4, 0.5) is 0 Å². The Balaban J connectivity index is 2.22. The molecule has 1 saturated heterocycles. The zero-order valence-electron chi connectivity index (χ0n) is 13.3. The van der Waals surface area contributed by atoms with Crippen LogP contribution < -0.4 is 5.32 Å². The summed E-state index contributed by atoms with van der Waals surface area (Å²) in [4.78, 5) is 2.50. The Morgan fingerprint density at radius 2 is 2.10 bits per heavy atom. The number of hydrogen-bond donors (Lipinski definition) is 1. The molecule has 0 radical (unpaired) electrons. The predicted molar refractivity (Wildman–Crippen MR) is 84.2 cm³/mol. The van der Waals surface area contributed by atoms with E-state index in [0.717, 1.165) is 49.0 Å². The summed E-state index contributed by atoms with van der Waals surface area (Å²) in [5, 5.41) is 9.06. The van der Waals surface area contributed by atoms with Gasteiger partial charge in [-0.3, -0.25) is 9.58 Å². The fraction of sp³-hybridized carbons (Fsp3) is 0.800. The highest BCUT2D eigenvalue weighted by Crippen LogP contribution is 2.25. The van der Waals surface area contributed by atoms with Crippen molar-refractivity contribution in [2.75, 3.05) is 13.1 Å². The molecule has 2 rings (SSSR count). The van der Waals surface area contributed by atoms with E-state index in [2.05, 4.69) is 54.6 Å². The van der Waals surface area contributed by atoms with Crippen LogP contribution >= 0.6 is 11.6 Å². The van der Waals surface area contributed by atoms with Crippen LogP contribution in [0.5, 0.6) is 0 Å². The van der Waals surface area contributed by atoms with Crippen LogP contribution in [0.25, 0.3) is 0 Å². The molecule has 1 fully saturated rings. The molecule has 0 spiro atoms. The molecule has 1 aromatic rings. The molecule has 0 aromatic carbocycles. The fourth-order valence-electron chi connectivity index (χ4n) is 2.85. The fourth-order valence-corrected chi connectivity index (χ4v) is 3.17. The van der Waals surface area contributed by atoms with Crippen LogP contribution in [0, 0.1) is 0 Å². The number of piperazine rings is 1. The molecule has 2 heterocycles. The third-order valence-electron chi connectivity index (χ3n) is 4.14. The van der Waals surface area contributed by atoms with E-state index in [1.54, 1.807) is 0 Å². The minimum absolute atomic E-state index is 0.156. The highest BCUT2D eigenvalue weighted by Gasteiger charge is 2.31. The van der Waals surface area contributed by atoms with Crippen LogP contribution in [0.15, 0.2) is 0 Å². The first kappa shape index (κ1) is 15.8. The number of rotatable bonds is 4. The first-order chi connectivity index (χ1) is 9.38. The molecular formula is C15H27ClN4. The van der Waals surface area contributed by atoms with Crippen molar-refractivity contribution < 1.29 is 0 Å². The Morgan fingerprint density at radius 1 is 1.40 bits per heavy atom. The second-order valence-electron chi connectivity index (χ2n) is 6.40. The summed E-state index contributed by atoms with van der Waals surface area (Å²) in [5.74, 6) is 0. The summed E-state index contributed by atoms with van der Waals surface area (Å²) in [6.07, 6.45) is 0.890. The van der Waals surface area contributed by atoms with Gasteiger partial charge in [0, 0.05) is 37.8 Å². The normalized spacial score (nSPS) is 23.2. The second kappa shape index (κ2) is 6.04. The van der Waals surface area contributed by atoms with Gasteiger partial charge in [-0.2, -0.15) is 5.10 Å². The van der Waals surface area contributed by atoms with E-state index in [0.29, 0.717) is 6.04 Å². The lowest BCUT2D eigenvalue weighted by Gasteiger charge is -2.43. The lowest BCUT2D eigenvalue weighted by atomic mass is 9.99. The van der Waals surface area contributed by atoms with E-state index in [1.807, 2.05) is 0 Å². The Bertz CT molecular complexity index is 467. The van der Waals surface area contributed by atoms with Gasteiger partial charge in [-0.15, -0.1) is 0 Å². The van der Waals surface area contributed by atoms with Crippen LogP contribution in [-0.4, -0.2) is 39.4 Å². The van der Waals surface area contributed by atoms with Crippen molar-refractivity contribution in [1.82, 2.24) is 20.0 Å². The standard InChI is InChI=1S/C15H27ClN4/c1-6-12-14(16)13(20(7-2)18-12)9-19-10-15(4,5)17-8-11(19)3/h11,17H,6-10H2,1-5H3. The van der Waals surface area contributed by atoms with Gasteiger partial charge in [0.15, 0.2) is 0 Å². The van der Waals surface area contributed by atoms with Gasteiger partial charge in [0.2, 0.25) is 0 Å². The number of halogens is 1. The molecule has 0 saturated carbocycles. The largest absolute Gasteiger partial charge is 0.309 e. The van der Waals surface area contributed by atoms with E-state index >= 15 is 0 Å². The first-order valence-electron chi connectivity index (χ1n) is 7.61. The average Bonchev–Trinajstić information content (AvgIpc) is 2.70. The SMILES string of the molecule is CCc1nn(CC)c(CN2CC(C)(C)NCC2C)c1Cl. The Labute approximate surface area is 127 Å². The molecule has 1 N–H and O–H groups in total. The maximum atomic E-state index is 6.52. The van der Waals surface area contributed by atoms with Gasteiger partial charge in [-0.1, -0.05) is 18.5 Å². The van der Waals surface area contributed by atoms with Gasteiger partial charge in [0.1, 0.15) is 0 Å². The van der Waals surface area contributed by atoms with E-state index < -0.39 is 0 Å². The van der Waals surface area contributed by atoms with E-state index in [9.17, 15) is 0 Å². The molecule has 4 nitrogen and oxygen atoms in total. The third-order valence-corrected chi connectivity index (χ3v) is 4.58.